The van der Waals surface area contributed by atoms with Crippen LogP contribution in [0.25, 0.3) is 0 Å². The maximum atomic E-state index is 13.2. The Labute approximate surface area is 96.7 Å². The van der Waals surface area contributed by atoms with Crippen molar-refractivity contribution in [3.05, 3.63) is 35.4 Å². The standard InChI is InChI=1S/C11H12F2O2S/c1-7(5-14)16-6-11(15)9-3-2-8(12)4-10(9)13/h2-4,7,14H,5-6H2,1H3. The van der Waals surface area contributed by atoms with Crippen molar-refractivity contribution < 1.29 is 18.7 Å². The highest BCUT2D eigenvalue weighted by atomic mass is 32.2. The van der Waals surface area contributed by atoms with Crippen LogP contribution in [0.1, 0.15) is 17.3 Å². The van der Waals surface area contributed by atoms with E-state index in [1.54, 1.807) is 6.92 Å². The zero-order valence-electron chi connectivity index (χ0n) is 8.74. The van der Waals surface area contributed by atoms with E-state index in [4.69, 9.17) is 5.11 Å². The van der Waals surface area contributed by atoms with E-state index in [1.165, 1.54) is 11.8 Å². The van der Waals surface area contributed by atoms with E-state index >= 15 is 0 Å². The fourth-order valence-corrected chi connectivity index (χ4v) is 1.76. The van der Waals surface area contributed by atoms with Crippen LogP contribution in [0.15, 0.2) is 18.2 Å². The third-order valence-electron chi connectivity index (χ3n) is 1.99. The number of benzene rings is 1. The van der Waals surface area contributed by atoms with Gasteiger partial charge in [0.2, 0.25) is 0 Å². The minimum absolute atomic E-state index is 0.0379. The SMILES string of the molecule is CC(CO)SCC(=O)c1ccc(F)cc1F. The monoisotopic (exact) mass is 246 g/mol. The van der Waals surface area contributed by atoms with Crippen LogP contribution in [0, 0.1) is 11.6 Å². The van der Waals surface area contributed by atoms with Crippen molar-refractivity contribution in [2.75, 3.05) is 12.4 Å². The summed E-state index contributed by atoms with van der Waals surface area (Å²) in [6, 6.07) is 2.88. The van der Waals surface area contributed by atoms with Crippen LogP contribution in [0.3, 0.4) is 0 Å². The summed E-state index contributed by atoms with van der Waals surface area (Å²) in [6.45, 7) is 1.73. The Balaban J connectivity index is 2.66. The Hall–Kier alpha value is -0.940. The molecule has 0 aliphatic carbocycles. The lowest BCUT2D eigenvalue weighted by Gasteiger charge is -2.07. The first-order valence-electron chi connectivity index (χ1n) is 4.75. The smallest absolute Gasteiger partial charge is 0.175 e. The zero-order chi connectivity index (χ0) is 12.1. The van der Waals surface area contributed by atoms with Crippen molar-refractivity contribution in [2.45, 2.75) is 12.2 Å². The van der Waals surface area contributed by atoms with E-state index in [1.807, 2.05) is 0 Å². The fraction of sp³-hybridized carbons (Fsp3) is 0.364. The molecule has 0 heterocycles. The molecule has 0 fully saturated rings. The molecule has 16 heavy (non-hydrogen) atoms. The van der Waals surface area contributed by atoms with Crippen molar-refractivity contribution in [1.82, 2.24) is 0 Å². The molecule has 0 saturated carbocycles. The van der Waals surface area contributed by atoms with Crippen LogP contribution in [0.4, 0.5) is 8.78 Å². The van der Waals surface area contributed by atoms with E-state index in [2.05, 4.69) is 0 Å². The number of carbonyl (C=O) groups is 1. The highest BCUT2D eigenvalue weighted by Crippen LogP contribution is 2.15. The van der Waals surface area contributed by atoms with Crippen LogP contribution >= 0.6 is 11.8 Å². The van der Waals surface area contributed by atoms with E-state index in [0.29, 0.717) is 6.07 Å². The summed E-state index contributed by atoms with van der Waals surface area (Å²) >= 11 is 1.23. The van der Waals surface area contributed by atoms with Gasteiger partial charge in [-0.15, -0.1) is 11.8 Å². The quantitative estimate of drug-likeness (QED) is 0.810. The Kier molecular flexibility index (Phi) is 4.89. The highest BCUT2D eigenvalue weighted by molar-refractivity contribution is 8.00. The van der Waals surface area contributed by atoms with E-state index < -0.39 is 17.4 Å². The molecule has 1 rings (SSSR count). The minimum atomic E-state index is -0.845. The van der Waals surface area contributed by atoms with Crippen molar-refractivity contribution in [3.8, 4) is 0 Å². The van der Waals surface area contributed by atoms with Gasteiger partial charge in [-0.1, -0.05) is 6.92 Å². The molecule has 2 nitrogen and oxygen atoms in total. The summed E-state index contributed by atoms with van der Waals surface area (Å²) in [6.07, 6.45) is 0. The van der Waals surface area contributed by atoms with Crippen LogP contribution in [-0.4, -0.2) is 28.5 Å². The number of carbonyl (C=O) groups excluding carboxylic acids is 1. The number of aliphatic hydroxyl groups is 1. The van der Waals surface area contributed by atoms with Crippen molar-refractivity contribution in [2.24, 2.45) is 0 Å². The van der Waals surface area contributed by atoms with Crippen molar-refractivity contribution in [1.29, 1.82) is 0 Å². The van der Waals surface area contributed by atoms with Gasteiger partial charge in [0.25, 0.3) is 0 Å². The molecule has 1 aromatic rings. The number of Topliss-reactive ketones (excluding diaryl/α,β-unsaturated/α-hetero) is 1. The predicted octanol–water partition coefficient (Wildman–Crippen LogP) is 2.26. The number of thioether (sulfide) groups is 1. The zero-order valence-corrected chi connectivity index (χ0v) is 9.56. The average molecular weight is 246 g/mol. The Morgan fingerprint density at radius 2 is 2.19 bits per heavy atom. The van der Waals surface area contributed by atoms with E-state index in [9.17, 15) is 13.6 Å². The summed E-state index contributed by atoms with van der Waals surface area (Å²) in [4.78, 5) is 11.5. The number of hydrogen-bond donors (Lipinski definition) is 1. The Morgan fingerprint density at radius 3 is 2.75 bits per heavy atom. The number of rotatable bonds is 5. The normalized spacial score (nSPS) is 12.5. The van der Waals surface area contributed by atoms with Gasteiger partial charge in [-0.3, -0.25) is 4.79 Å². The first-order chi connectivity index (χ1) is 7.54. The van der Waals surface area contributed by atoms with Crippen LogP contribution in [0.5, 0.6) is 0 Å². The summed E-state index contributed by atoms with van der Waals surface area (Å²) in [7, 11) is 0. The minimum Gasteiger partial charge on any atom is -0.395 e. The number of halogens is 2. The summed E-state index contributed by atoms with van der Waals surface area (Å²) < 4.78 is 25.8. The Morgan fingerprint density at radius 1 is 1.50 bits per heavy atom. The molecule has 1 N–H and O–H groups in total. The van der Waals surface area contributed by atoms with Gasteiger partial charge in [0.05, 0.1) is 17.9 Å². The highest BCUT2D eigenvalue weighted by Gasteiger charge is 2.13. The van der Waals surface area contributed by atoms with Gasteiger partial charge in [-0.05, 0) is 12.1 Å². The summed E-state index contributed by atoms with van der Waals surface area (Å²) in [5, 5.41) is 8.68. The lowest BCUT2D eigenvalue weighted by molar-refractivity contribution is 0.101. The molecule has 1 aromatic carbocycles. The van der Waals surface area contributed by atoms with Gasteiger partial charge < -0.3 is 5.11 Å². The van der Waals surface area contributed by atoms with Crippen molar-refractivity contribution in [3.63, 3.8) is 0 Å². The van der Waals surface area contributed by atoms with Crippen LogP contribution < -0.4 is 0 Å². The van der Waals surface area contributed by atoms with Crippen molar-refractivity contribution >= 4 is 17.5 Å². The van der Waals surface area contributed by atoms with E-state index in [-0.39, 0.29) is 23.2 Å². The number of aliphatic hydroxyl groups excluding tert-OH is 1. The average Bonchev–Trinajstić information content (AvgIpc) is 2.25. The van der Waals surface area contributed by atoms with Gasteiger partial charge in [0, 0.05) is 11.3 Å². The topological polar surface area (TPSA) is 37.3 Å². The molecule has 1 atom stereocenters. The molecule has 0 spiro atoms. The fourth-order valence-electron chi connectivity index (χ4n) is 1.06. The second kappa shape index (κ2) is 5.96. The molecule has 0 amide bonds. The van der Waals surface area contributed by atoms with Gasteiger partial charge >= 0.3 is 0 Å². The molecule has 1 unspecified atom stereocenters. The molecule has 88 valence electrons. The molecule has 0 saturated heterocycles. The van der Waals surface area contributed by atoms with Gasteiger partial charge in [0.1, 0.15) is 11.6 Å². The molecular formula is C11H12F2O2S. The second-order valence-corrected chi connectivity index (χ2v) is 4.78. The summed E-state index contributed by atoms with van der Waals surface area (Å²) in [5.41, 5.74) is -0.112. The lowest BCUT2D eigenvalue weighted by atomic mass is 10.1. The first-order valence-corrected chi connectivity index (χ1v) is 5.80. The van der Waals surface area contributed by atoms with Crippen LogP contribution in [-0.2, 0) is 0 Å². The molecule has 0 radical (unpaired) electrons. The molecular weight excluding hydrogens is 234 g/mol. The molecule has 5 heteroatoms. The summed E-state index contributed by atoms with van der Waals surface area (Å²) in [5.74, 6) is -1.87. The predicted molar refractivity (Wildman–Crippen MR) is 59.7 cm³/mol. The van der Waals surface area contributed by atoms with E-state index in [0.717, 1.165) is 12.1 Å². The first kappa shape index (κ1) is 13.1. The lowest BCUT2D eigenvalue weighted by Crippen LogP contribution is -2.10. The third-order valence-corrected chi connectivity index (χ3v) is 3.13. The maximum absolute atomic E-state index is 13.2. The van der Waals surface area contributed by atoms with Gasteiger partial charge in [-0.2, -0.15) is 0 Å². The molecule has 0 bridgehead atoms. The van der Waals surface area contributed by atoms with Gasteiger partial charge in [-0.25, -0.2) is 8.78 Å². The molecule has 0 aliphatic heterocycles. The second-order valence-electron chi connectivity index (χ2n) is 3.35. The van der Waals surface area contributed by atoms with Crippen LogP contribution in [0.2, 0.25) is 0 Å². The largest absolute Gasteiger partial charge is 0.395 e. The van der Waals surface area contributed by atoms with Gasteiger partial charge in [0.15, 0.2) is 5.78 Å². The molecule has 0 aromatic heterocycles. The number of ketones is 1. The number of hydrogen-bond acceptors (Lipinski definition) is 3. The Bertz CT molecular complexity index is 382. The third kappa shape index (κ3) is 3.57. The maximum Gasteiger partial charge on any atom is 0.175 e. The molecule has 0 aliphatic rings.